The number of amides is 1. The van der Waals surface area contributed by atoms with Gasteiger partial charge in [0.15, 0.2) is 0 Å². The minimum atomic E-state index is -0.105. The van der Waals surface area contributed by atoms with Crippen LogP contribution in [0.4, 0.5) is 0 Å². The molecule has 0 bridgehead atoms. The highest BCUT2D eigenvalue weighted by Crippen LogP contribution is 2.27. The lowest BCUT2D eigenvalue weighted by Crippen LogP contribution is -2.43. The molecule has 1 N–H and O–H groups in total. The van der Waals surface area contributed by atoms with Gasteiger partial charge in [-0.15, -0.1) is 11.3 Å². The van der Waals surface area contributed by atoms with Crippen LogP contribution in [-0.2, 0) is 4.74 Å². The van der Waals surface area contributed by atoms with Crippen LogP contribution in [0.1, 0.15) is 46.7 Å². The van der Waals surface area contributed by atoms with Gasteiger partial charge in [-0.25, -0.2) is 4.68 Å². The summed E-state index contributed by atoms with van der Waals surface area (Å²) in [6.07, 6.45) is 1.65. The molecule has 0 spiro atoms. The maximum absolute atomic E-state index is 13.2. The van der Waals surface area contributed by atoms with Crippen LogP contribution in [0.5, 0.6) is 0 Å². The van der Waals surface area contributed by atoms with Gasteiger partial charge in [-0.1, -0.05) is 37.6 Å². The second-order valence-electron chi connectivity index (χ2n) is 7.88. The van der Waals surface area contributed by atoms with Crippen LogP contribution >= 0.6 is 22.9 Å². The smallest absolute Gasteiger partial charge is 0.254 e. The van der Waals surface area contributed by atoms with Crippen molar-refractivity contribution in [2.24, 2.45) is 0 Å². The van der Waals surface area contributed by atoms with Crippen molar-refractivity contribution < 1.29 is 9.53 Å². The Balaban J connectivity index is 1.55. The van der Waals surface area contributed by atoms with E-state index in [0.29, 0.717) is 17.1 Å². The average Bonchev–Trinajstić information content (AvgIpc) is 3.45. The first kappa shape index (κ1) is 22.0. The second-order valence-corrected chi connectivity index (χ2v) is 9.30. The number of rotatable bonds is 7. The topological polar surface area (TPSA) is 59.4 Å². The Morgan fingerprint density at radius 3 is 2.74 bits per heavy atom. The quantitative estimate of drug-likeness (QED) is 0.565. The van der Waals surface area contributed by atoms with Gasteiger partial charge < -0.3 is 10.1 Å². The Morgan fingerprint density at radius 2 is 2.06 bits per heavy atom. The van der Waals surface area contributed by atoms with E-state index in [1.54, 1.807) is 17.5 Å². The monoisotopic (exact) mass is 458 g/mol. The van der Waals surface area contributed by atoms with Gasteiger partial charge in [-0.05, 0) is 35.6 Å². The number of carbonyl (C=O) groups excluding carboxylic acids is 1. The van der Waals surface area contributed by atoms with Crippen LogP contribution in [0.3, 0.4) is 0 Å². The van der Waals surface area contributed by atoms with E-state index in [1.165, 1.54) is 4.88 Å². The van der Waals surface area contributed by atoms with Crippen molar-refractivity contribution in [2.75, 3.05) is 32.8 Å². The maximum atomic E-state index is 13.2. The van der Waals surface area contributed by atoms with Gasteiger partial charge in [0.05, 0.1) is 42.4 Å². The first-order valence-electron chi connectivity index (χ1n) is 10.5. The number of nitrogens with zero attached hydrogens (tertiary/aromatic N) is 3. The molecule has 1 unspecified atom stereocenters. The number of morpholine rings is 1. The fraction of sp³-hybridized carbons (Fsp3) is 0.391. The molecule has 1 aromatic carbocycles. The Bertz CT molecular complexity index is 1010. The molecule has 3 heterocycles. The number of ether oxygens (including phenoxy) is 1. The number of thiophene rings is 1. The fourth-order valence-electron chi connectivity index (χ4n) is 3.97. The van der Waals surface area contributed by atoms with Crippen molar-refractivity contribution in [3.8, 4) is 5.69 Å². The van der Waals surface area contributed by atoms with E-state index in [4.69, 9.17) is 16.3 Å². The first-order chi connectivity index (χ1) is 15.0. The lowest BCUT2D eigenvalue weighted by atomic mass is 10.0. The zero-order chi connectivity index (χ0) is 21.8. The van der Waals surface area contributed by atoms with Crippen LogP contribution < -0.4 is 5.32 Å². The lowest BCUT2D eigenvalue weighted by Gasteiger charge is -2.34. The van der Waals surface area contributed by atoms with Gasteiger partial charge in [0.2, 0.25) is 0 Å². The summed E-state index contributed by atoms with van der Waals surface area (Å²) in [6.45, 7) is 7.84. The van der Waals surface area contributed by atoms with Gasteiger partial charge in [-0.3, -0.25) is 9.69 Å². The molecular formula is C23H27ClN4O2S. The van der Waals surface area contributed by atoms with Crippen molar-refractivity contribution in [1.82, 2.24) is 20.0 Å². The summed E-state index contributed by atoms with van der Waals surface area (Å²) in [5, 5.41) is 10.4. The molecule has 1 fully saturated rings. The molecule has 1 atom stereocenters. The number of carbonyl (C=O) groups is 1. The lowest BCUT2D eigenvalue weighted by molar-refractivity contribution is 0.0169. The fourth-order valence-corrected chi connectivity index (χ4v) is 5.01. The average molecular weight is 459 g/mol. The molecule has 2 aromatic heterocycles. The van der Waals surface area contributed by atoms with Gasteiger partial charge in [0.1, 0.15) is 0 Å². The third kappa shape index (κ3) is 5.01. The molecule has 164 valence electrons. The maximum Gasteiger partial charge on any atom is 0.254 e. The predicted octanol–water partition coefficient (Wildman–Crippen LogP) is 4.51. The number of nitrogens with one attached hydrogen (secondary N) is 1. The zero-order valence-corrected chi connectivity index (χ0v) is 19.3. The summed E-state index contributed by atoms with van der Waals surface area (Å²) < 4.78 is 7.32. The van der Waals surface area contributed by atoms with Crippen LogP contribution in [-0.4, -0.2) is 53.4 Å². The Labute approximate surface area is 191 Å². The van der Waals surface area contributed by atoms with Gasteiger partial charge in [0.25, 0.3) is 5.91 Å². The van der Waals surface area contributed by atoms with Crippen molar-refractivity contribution in [3.05, 3.63) is 69.1 Å². The van der Waals surface area contributed by atoms with Gasteiger partial charge in [0, 0.05) is 29.5 Å². The van der Waals surface area contributed by atoms with E-state index in [1.807, 2.05) is 28.9 Å². The number of halogens is 1. The Kier molecular flexibility index (Phi) is 7.07. The van der Waals surface area contributed by atoms with Crippen molar-refractivity contribution >= 4 is 28.8 Å². The summed E-state index contributed by atoms with van der Waals surface area (Å²) >= 11 is 7.89. The number of hydrogen-bond acceptors (Lipinski definition) is 5. The predicted molar refractivity (Wildman–Crippen MR) is 124 cm³/mol. The molecule has 0 radical (unpaired) electrons. The van der Waals surface area contributed by atoms with Crippen molar-refractivity contribution in [2.45, 2.75) is 25.8 Å². The molecule has 1 aliphatic heterocycles. The van der Waals surface area contributed by atoms with E-state index >= 15 is 0 Å². The molecule has 4 rings (SSSR count). The summed E-state index contributed by atoms with van der Waals surface area (Å²) in [5.74, 6) is 0.0151. The molecule has 31 heavy (non-hydrogen) atoms. The summed E-state index contributed by atoms with van der Waals surface area (Å²) in [6, 6.07) is 11.8. The molecule has 1 aliphatic rings. The third-order valence-electron chi connectivity index (χ3n) is 5.46. The molecule has 6 nitrogen and oxygen atoms in total. The molecule has 3 aromatic rings. The van der Waals surface area contributed by atoms with E-state index in [2.05, 4.69) is 46.7 Å². The summed E-state index contributed by atoms with van der Waals surface area (Å²) in [4.78, 5) is 16.8. The minimum absolute atomic E-state index is 0.105. The third-order valence-corrected chi connectivity index (χ3v) is 6.67. The Hall–Kier alpha value is -2.19. The van der Waals surface area contributed by atoms with Gasteiger partial charge >= 0.3 is 0 Å². The number of hydrogen-bond donors (Lipinski definition) is 1. The second kappa shape index (κ2) is 9.96. The highest BCUT2D eigenvalue weighted by atomic mass is 35.5. The van der Waals surface area contributed by atoms with Crippen LogP contribution in [0.2, 0.25) is 5.02 Å². The molecule has 1 saturated heterocycles. The highest BCUT2D eigenvalue weighted by molar-refractivity contribution is 7.10. The van der Waals surface area contributed by atoms with Gasteiger partial charge in [-0.2, -0.15) is 5.10 Å². The van der Waals surface area contributed by atoms with E-state index in [-0.39, 0.29) is 17.9 Å². The molecule has 0 saturated carbocycles. The minimum Gasteiger partial charge on any atom is -0.379 e. The summed E-state index contributed by atoms with van der Waals surface area (Å²) in [5.41, 5.74) is 2.32. The number of aromatic nitrogens is 2. The van der Waals surface area contributed by atoms with E-state index < -0.39 is 0 Å². The molecule has 8 heteroatoms. The standard InChI is InChI=1S/C23H27ClN4O2S/c1-16(2)22-19(14-26-28(22)18-6-3-5-17(24)13-18)23(29)25-15-20(21-7-4-12-31-21)27-8-10-30-11-9-27/h3-7,12-14,16,20H,8-11,15H2,1-2H3,(H,25,29). The highest BCUT2D eigenvalue weighted by Gasteiger charge is 2.26. The van der Waals surface area contributed by atoms with Crippen LogP contribution in [0, 0.1) is 0 Å². The Morgan fingerprint density at radius 1 is 1.26 bits per heavy atom. The molecule has 1 amide bonds. The normalized spacial score (nSPS) is 15.9. The first-order valence-corrected chi connectivity index (χ1v) is 11.8. The molecular weight excluding hydrogens is 432 g/mol. The van der Waals surface area contributed by atoms with Crippen LogP contribution in [0.25, 0.3) is 5.69 Å². The number of benzene rings is 1. The van der Waals surface area contributed by atoms with Crippen LogP contribution in [0.15, 0.2) is 48.0 Å². The van der Waals surface area contributed by atoms with E-state index in [0.717, 1.165) is 37.7 Å². The van der Waals surface area contributed by atoms with E-state index in [9.17, 15) is 4.79 Å². The van der Waals surface area contributed by atoms with Crippen molar-refractivity contribution in [1.29, 1.82) is 0 Å². The SMILES string of the molecule is CC(C)c1c(C(=O)NCC(c2cccs2)N2CCOCC2)cnn1-c1cccc(Cl)c1. The zero-order valence-electron chi connectivity index (χ0n) is 17.8. The largest absolute Gasteiger partial charge is 0.379 e. The van der Waals surface area contributed by atoms with Crippen molar-refractivity contribution in [3.63, 3.8) is 0 Å². The summed E-state index contributed by atoms with van der Waals surface area (Å²) in [7, 11) is 0. The molecule has 0 aliphatic carbocycles.